The number of aryl methyl sites for hydroxylation is 1. The minimum atomic E-state index is -3.49. The van der Waals surface area contributed by atoms with Crippen LogP contribution in [0.1, 0.15) is 32.6 Å². The fourth-order valence-corrected chi connectivity index (χ4v) is 4.69. The minimum Gasteiger partial charge on any atom is -0.393 e. The topological polar surface area (TPSA) is 125 Å². The van der Waals surface area contributed by atoms with Crippen molar-refractivity contribution in [3.05, 3.63) is 30.6 Å². The van der Waals surface area contributed by atoms with Crippen LogP contribution in [0.3, 0.4) is 0 Å². The number of anilines is 3. The summed E-state index contributed by atoms with van der Waals surface area (Å²) in [6.45, 7) is 2.75. The highest BCUT2D eigenvalue weighted by Gasteiger charge is 2.22. The maximum atomic E-state index is 12.3. The molecule has 0 saturated heterocycles. The highest BCUT2D eigenvalue weighted by Crippen LogP contribution is 2.27. The molecule has 0 unspecified atom stereocenters. The Morgan fingerprint density at radius 1 is 1.12 bits per heavy atom. The van der Waals surface area contributed by atoms with Gasteiger partial charge in [-0.25, -0.2) is 17.7 Å². The first kappa shape index (κ1) is 22.4. The number of imidazole rings is 1. The van der Waals surface area contributed by atoms with Gasteiger partial charge in [0.2, 0.25) is 16.0 Å². The average Bonchev–Trinajstić information content (AvgIpc) is 3.19. The Labute approximate surface area is 187 Å². The van der Waals surface area contributed by atoms with Gasteiger partial charge >= 0.3 is 0 Å². The lowest BCUT2D eigenvalue weighted by molar-refractivity contribution is 0.126. The molecule has 0 spiro atoms. The number of aliphatic hydroxyl groups excluding tert-OH is 1. The van der Waals surface area contributed by atoms with Crippen molar-refractivity contribution in [3.63, 3.8) is 0 Å². The number of fused-ring (bicyclic) bond motifs is 1. The molecule has 0 atom stereocenters. The maximum Gasteiger partial charge on any atom is 0.242 e. The normalized spacial score (nSPS) is 19.4. The van der Waals surface area contributed by atoms with Gasteiger partial charge in [-0.15, -0.1) is 0 Å². The molecule has 0 radical (unpaired) electrons. The van der Waals surface area contributed by atoms with Crippen molar-refractivity contribution in [2.45, 2.75) is 56.2 Å². The Balaban J connectivity index is 1.63. The van der Waals surface area contributed by atoms with Crippen molar-refractivity contribution in [1.29, 1.82) is 0 Å². The monoisotopic (exact) mass is 459 g/mol. The van der Waals surface area contributed by atoms with Gasteiger partial charge in [0.05, 0.1) is 17.3 Å². The van der Waals surface area contributed by atoms with Crippen LogP contribution < -0.4 is 10.6 Å². The van der Waals surface area contributed by atoms with E-state index in [0.29, 0.717) is 23.0 Å². The molecule has 1 aliphatic rings. The highest BCUT2D eigenvalue weighted by atomic mass is 32.2. The lowest BCUT2D eigenvalue weighted by Crippen LogP contribution is -2.29. The van der Waals surface area contributed by atoms with Gasteiger partial charge in [0.1, 0.15) is 0 Å². The lowest BCUT2D eigenvalue weighted by Gasteiger charge is -2.26. The van der Waals surface area contributed by atoms with Crippen molar-refractivity contribution >= 4 is 38.6 Å². The quantitative estimate of drug-likeness (QED) is 0.492. The van der Waals surface area contributed by atoms with E-state index in [1.165, 1.54) is 18.4 Å². The molecule has 2 heterocycles. The minimum absolute atomic E-state index is 0.206. The van der Waals surface area contributed by atoms with Crippen LogP contribution in [0.2, 0.25) is 0 Å². The summed E-state index contributed by atoms with van der Waals surface area (Å²) in [6.07, 6.45) is 4.76. The molecule has 32 heavy (non-hydrogen) atoms. The first-order valence-electron chi connectivity index (χ1n) is 10.7. The molecule has 1 saturated carbocycles. The first-order valence-corrected chi connectivity index (χ1v) is 12.2. The summed E-state index contributed by atoms with van der Waals surface area (Å²) in [5.74, 6) is 1.05. The SMILES string of the molecule is CCn1cnc2c(Nc3ccc(S(=O)(=O)N(C)C)cc3)nc(N[C@H]3CC[C@H](O)CC3)nc21. The Kier molecular flexibility index (Phi) is 6.31. The molecule has 1 aliphatic carbocycles. The van der Waals surface area contributed by atoms with Crippen LogP contribution >= 0.6 is 0 Å². The molecule has 10 nitrogen and oxygen atoms in total. The Hall–Kier alpha value is -2.76. The average molecular weight is 460 g/mol. The van der Waals surface area contributed by atoms with Crippen molar-refractivity contribution < 1.29 is 13.5 Å². The Morgan fingerprint density at radius 2 is 1.81 bits per heavy atom. The molecule has 1 fully saturated rings. The van der Waals surface area contributed by atoms with E-state index in [0.717, 1.165) is 37.9 Å². The summed E-state index contributed by atoms with van der Waals surface area (Å²) in [7, 11) is -0.483. The largest absolute Gasteiger partial charge is 0.393 e. The molecule has 0 bridgehead atoms. The van der Waals surface area contributed by atoms with Crippen molar-refractivity contribution in [2.75, 3.05) is 24.7 Å². The van der Waals surface area contributed by atoms with E-state index >= 15 is 0 Å². The number of rotatable bonds is 7. The predicted molar refractivity (Wildman–Crippen MR) is 123 cm³/mol. The van der Waals surface area contributed by atoms with Crippen LogP contribution in [0.5, 0.6) is 0 Å². The first-order chi connectivity index (χ1) is 15.3. The summed E-state index contributed by atoms with van der Waals surface area (Å²) < 4.78 is 27.8. The third-order valence-corrected chi connectivity index (χ3v) is 7.56. The van der Waals surface area contributed by atoms with E-state index in [1.54, 1.807) is 30.6 Å². The molecule has 1 aromatic carbocycles. The fraction of sp³-hybridized carbons (Fsp3) is 0.476. The van der Waals surface area contributed by atoms with E-state index < -0.39 is 10.0 Å². The van der Waals surface area contributed by atoms with Crippen LogP contribution in [-0.4, -0.2) is 63.6 Å². The summed E-state index contributed by atoms with van der Waals surface area (Å²) >= 11 is 0. The maximum absolute atomic E-state index is 12.3. The molecule has 3 N–H and O–H groups in total. The second-order valence-corrected chi connectivity index (χ2v) is 10.3. The van der Waals surface area contributed by atoms with Gasteiger partial charge in [0, 0.05) is 32.4 Å². The van der Waals surface area contributed by atoms with Crippen LogP contribution in [0, 0.1) is 0 Å². The molecular formula is C21H29N7O3S. The third kappa shape index (κ3) is 4.54. The van der Waals surface area contributed by atoms with E-state index in [-0.39, 0.29) is 17.0 Å². The van der Waals surface area contributed by atoms with Crippen LogP contribution in [0.25, 0.3) is 11.2 Å². The van der Waals surface area contributed by atoms with Gasteiger partial charge in [-0.2, -0.15) is 9.97 Å². The number of aromatic nitrogens is 4. The zero-order valence-corrected chi connectivity index (χ0v) is 19.3. The molecular weight excluding hydrogens is 430 g/mol. The third-order valence-electron chi connectivity index (χ3n) is 5.73. The van der Waals surface area contributed by atoms with E-state index in [2.05, 4.69) is 25.6 Å². The van der Waals surface area contributed by atoms with Crippen molar-refractivity contribution in [2.24, 2.45) is 0 Å². The number of hydrogen-bond donors (Lipinski definition) is 3. The number of aliphatic hydroxyl groups is 1. The van der Waals surface area contributed by atoms with Crippen LogP contribution in [-0.2, 0) is 16.6 Å². The fourth-order valence-electron chi connectivity index (χ4n) is 3.79. The molecule has 3 aromatic rings. The number of hydrogen-bond acceptors (Lipinski definition) is 8. The van der Waals surface area contributed by atoms with Gasteiger partial charge in [0.15, 0.2) is 17.0 Å². The Bertz CT molecular complexity index is 1180. The van der Waals surface area contributed by atoms with Gasteiger partial charge in [0.25, 0.3) is 0 Å². The second kappa shape index (κ2) is 9.00. The number of nitrogens with one attached hydrogen (secondary N) is 2. The zero-order valence-electron chi connectivity index (χ0n) is 18.5. The van der Waals surface area contributed by atoms with Crippen molar-refractivity contribution in [3.8, 4) is 0 Å². The smallest absolute Gasteiger partial charge is 0.242 e. The standard InChI is InChI=1S/C21H29N7O3S/c1-4-28-13-22-18-19(23-14-7-11-17(12-8-14)32(30,31)27(2)3)25-21(26-20(18)28)24-15-5-9-16(29)10-6-15/h7-8,11-13,15-16,29H,4-6,9-10H2,1-3H3,(H2,23,24,25,26)/t15-,16-. The van der Waals surface area contributed by atoms with Gasteiger partial charge < -0.3 is 20.3 Å². The predicted octanol–water partition coefficient (Wildman–Crippen LogP) is 2.56. The molecule has 0 aliphatic heterocycles. The summed E-state index contributed by atoms with van der Waals surface area (Å²) in [4.78, 5) is 14.0. The highest BCUT2D eigenvalue weighted by molar-refractivity contribution is 7.89. The number of benzene rings is 1. The molecule has 0 amide bonds. The van der Waals surface area contributed by atoms with Crippen LogP contribution in [0.15, 0.2) is 35.5 Å². The lowest BCUT2D eigenvalue weighted by atomic mass is 9.93. The Morgan fingerprint density at radius 3 is 2.44 bits per heavy atom. The van der Waals surface area contributed by atoms with E-state index in [4.69, 9.17) is 0 Å². The van der Waals surface area contributed by atoms with Gasteiger partial charge in [-0.05, 0) is 56.9 Å². The van der Waals surface area contributed by atoms with Gasteiger partial charge in [-0.3, -0.25) is 0 Å². The summed E-state index contributed by atoms with van der Waals surface area (Å²) in [5.41, 5.74) is 2.05. The molecule has 2 aromatic heterocycles. The second-order valence-electron chi connectivity index (χ2n) is 8.19. The van der Waals surface area contributed by atoms with Crippen molar-refractivity contribution in [1.82, 2.24) is 23.8 Å². The van der Waals surface area contributed by atoms with Gasteiger partial charge in [-0.1, -0.05) is 0 Å². The molecule has 11 heteroatoms. The van der Waals surface area contributed by atoms with E-state index in [9.17, 15) is 13.5 Å². The summed E-state index contributed by atoms with van der Waals surface area (Å²) in [6, 6.07) is 6.74. The summed E-state index contributed by atoms with van der Waals surface area (Å²) in [5, 5.41) is 16.4. The van der Waals surface area contributed by atoms with Crippen LogP contribution in [0.4, 0.5) is 17.5 Å². The number of sulfonamides is 1. The van der Waals surface area contributed by atoms with E-state index in [1.807, 2.05) is 11.5 Å². The molecule has 4 rings (SSSR count). The molecule has 172 valence electrons. The number of nitrogens with zero attached hydrogens (tertiary/aromatic N) is 5. The zero-order chi connectivity index (χ0) is 22.9.